The molecule has 2 aliphatic rings. The lowest BCUT2D eigenvalue weighted by atomic mass is 10.0. The number of carbonyl (C=O) groups is 2. The Bertz CT molecular complexity index is 1830. The normalized spacial score (nSPS) is 16.1. The van der Waals surface area contributed by atoms with Gasteiger partial charge in [-0.05, 0) is 31.0 Å². The van der Waals surface area contributed by atoms with E-state index in [9.17, 15) is 14.0 Å². The van der Waals surface area contributed by atoms with Crippen LogP contribution in [0.4, 0.5) is 10.1 Å². The molecule has 10 nitrogen and oxygen atoms in total. The van der Waals surface area contributed by atoms with E-state index in [1.807, 2.05) is 31.3 Å². The Hall–Kier alpha value is -4.03. The van der Waals surface area contributed by atoms with Crippen LogP contribution in [0, 0.1) is 0 Å². The van der Waals surface area contributed by atoms with Crippen LogP contribution in [0.3, 0.4) is 0 Å². The summed E-state index contributed by atoms with van der Waals surface area (Å²) in [5.74, 6) is 0.689. The molecule has 0 unspecified atom stereocenters. The summed E-state index contributed by atoms with van der Waals surface area (Å²) in [6.45, 7) is 2.98. The van der Waals surface area contributed by atoms with Gasteiger partial charge < -0.3 is 25.3 Å². The number of fused-ring (bicyclic) bond motifs is 1. The third-order valence-corrected chi connectivity index (χ3v) is 9.71. The molecule has 2 aromatic heterocycles. The molecule has 3 N–H and O–H groups in total. The van der Waals surface area contributed by atoms with Crippen LogP contribution >= 0.6 is 23.2 Å². The van der Waals surface area contributed by atoms with E-state index < -0.39 is 0 Å². The van der Waals surface area contributed by atoms with E-state index >= 15 is 0 Å². The quantitative estimate of drug-likeness (QED) is 0.172. The zero-order chi connectivity index (χ0) is 33.8. The van der Waals surface area contributed by atoms with Crippen molar-refractivity contribution in [2.45, 2.75) is 44.8 Å². The highest BCUT2D eigenvalue weighted by Gasteiger charge is 2.26. The highest BCUT2D eigenvalue weighted by atomic mass is 35.5. The SMILES string of the molecule is COc1cc(-c2nccc(-c3cccc(NC(=O)c4nc5c(n4C)CN(CCCF)CC5)c3Cl)c2Cl)ccc1CNC[C@@H]1CCC(=O)N1. The monoisotopic (exact) mass is 693 g/mol. The van der Waals surface area contributed by atoms with Gasteiger partial charge in [-0.15, -0.1) is 0 Å². The third kappa shape index (κ3) is 7.19. The number of benzene rings is 2. The summed E-state index contributed by atoms with van der Waals surface area (Å²) in [6, 6.07) is 13.1. The molecule has 13 heteroatoms. The van der Waals surface area contributed by atoms with Crippen molar-refractivity contribution >= 4 is 40.7 Å². The van der Waals surface area contributed by atoms with Crippen molar-refractivity contribution in [2.75, 3.05) is 38.7 Å². The van der Waals surface area contributed by atoms with Crippen LogP contribution in [0.15, 0.2) is 48.7 Å². The van der Waals surface area contributed by atoms with Crippen LogP contribution in [0.1, 0.15) is 46.8 Å². The van der Waals surface area contributed by atoms with Crippen molar-refractivity contribution in [2.24, 2.45) is 7.05 Å². The number of amides is 2. The fourth-order valence-corrected chi connectivity index (χ4v) is 6.93. The average Bonchev–Trinajstić information content (AvgIpc) is 3.66. The van der Waals surface area contributed by atoms with Gasteiger partial charge in [0, 0.05) is 87.1 Å². The first kappa shape index (κ1) is 33.9. The minimum absolute atomic E-state index is 0.0936. The number of halogens is 3. The fraction of sp³-hybridized carbons (Fsp3) is 0.371. The largest absolute Gasteiger partial charge is 0.496 e. The minimum atomic E-state index is -0.377. The van der Waals surface area contributed by atoms with Gasteiger partial charge in [0.15, 0.2) is 5.82 Å². The van der Waals surface area contributed by atoms with E-state index in [0.717, 1.165) is 35.5 Å². The Morgan fingerprint density at radius 1 is 1.15 bits per heavy atom. The minimum Gasteiger partial charge on any atom is -0.496 e. The molecule has 2 aromatic carbocycles. The number of imidazole rings is 1. The van der Waals surface area contributed by atoms with Crippen LogP contribution < -0.4 is 20.7 Å². The predicted molar refractivity (Wildman–Crippen MR) is 185 cm³/mol. The topological polar surface area (TPSA) is 113 Å². The Balaban J connectivity index is 1.19. The first-order chi connectivity index (χ1) is 23.3. The van der Waals surface area contributed by atoms with Crippen molar-refractivity contribution in [1.82, 2.24) is 30.1 Å². The molecule has 1 fully saturated rings. The van der Waals surface area contributed by atoms with Crippen LogP contribution in [0.5, 0.6) is 5.75 Å². The number of carbonyl (C=O) groups excluding carboxylic acids is 2. The molecule has 4 aromatic rings. The van der Waals surface area contributed by atoms with E-state index in [4.69, 9.17) is 27.9 Å². The second-order valence-corrected chi connectivity index (χ2v) is 12.8. The van der Waals surface area contributed by atoms with Gasteiger partial charge in [0.05, 0.1) is 46.6 Å². The maximum atomic E-state index is 13.5. The number of methoxy groups -OCH3 is 1. The van der Waals surface area contributed by atoms with Gasteiger partial charge in [0.1, 0.15) is 5.75 Å². The van der Waals surface area contributed by atoms with Gasteiger partial charge >= 0.3 is 0 Å². The number of nitrogens with zero attached hydrogens (tertiary/aromatic N) is 4. The number of hydrogen-bond donors (Lipinski definition) is 3. The van der Waals surface area contributed by atoms with Crippen LogP contribution in [-0.2, 0) is 31.4 Å². The summed E-state index contributed by atoms with van der Waals surface area (Å²) in [5.41, 5.74) is 5.86. The zero-order valence-corrected chi connectivity index (χ0v) is 28.4. The number of anilines is 1. The van der Waals surface area contributed by atoms with E-state index in [1.54, 1.807) is 36.1 Å². The number of nitrogens with one attached hydrogen (secondary N) is 3. The van der Waals surface area contributed by atoms with Crippen molar-refractivity contribution in [3.63, 3.8) is 0 Å². The molecule has 0 aliphatic carbocycles. The number of rotatable bonds is 12. The molecule has 1 saturated heterocycles. The molecule has 6 rings (SSSR count). The molecule has 1 atom stereocenters. The Morgan fingerprint density at radius 2 is 1.98 bits per heavy atom. The molecule has 0 bridgehead atoms. The molecule has 0 saturated carbocycles. The highest BCUT2D eigenvalue weighted by molar-refractivity contribution is 6.39. The van der Waals surface area contributed by atoms with Gasteiger partial charge in [-0.2, -0.15) is 0 Å². The smallest absolute Gasteiger partial charge is 0.291 e. The van der Waals surface area contributed by atoms with Crippen molar-refractivity contribution in [3.05, 3.63) is 81.5 Å². The van der Waals surface area contributed by atoms with E-state index in [2.05, 4.69) is 30.8 Å². The number of hydrogen-bond acceptors (Lipinski definition) is 7. The van der Waals surface area contributed by atoms with Crippen LogP contribution in [0.25, 0.3) is 22.4 Å². The Labute approximate surface area is 289 Å². The summed E-state index contributed by atoms with van der Waals surface area (Å²) in [4.78, 5) is 36.3. The Kier molecular flexibility index (Phi) is 10.6. The van der Waals surface area contributed by atoms with Gasteiger partial charge in [-0.25, -0.2) is 4.98 Å². The lowest BCUT2D eigenvalue weighted by Gasteiger charge is -2.26. The van der Waals surface area contributed by atoms with Gasteiger partial charge in [0.25, 0.3) is 5.91 Å². The molecule has 2 aliphatic heterocycles. The molecule has 4 heterocycles. The summed E-state index contributed by atoms with van der Waals surface area (Å²) in [5, 5.41) is 10.0. The summed E-state index contributed by atoms with van der Waals surface area (Å²) < 4.78 is 20.2. The highest BCUT2D eigenvalue weighted by Crippen LogP contribution is 2.41. The summed E-state index contributed by atoms with van der Waals surface area (Å²) >= 11 is 13.9. The molecule has 0 spiro atoms. The molecule has 2 amide bonds. The molecule has 252 valence electrons. The molecular formula is C35H38Cl2FN7O3. The molecule has 48 heavy (non-hydrogen) atoms. The average molecular weight is 695 g/mol. The maximum Gasteiger partial charge on any atom is 0.291 e. The number of ether oxygens (including phenoxy) is 1. The van der Waals surface area contributed by atoms with Gasteiger partial charge in [-0.1, -0.05) is 47.5 Å². The maximum absolute atomic E-state index is 13.5. The molecular weight excluding hydrogens is 656 g/mol. The Morgan fingerprint density at radius 3 is 2.75 bits per heavy atom. The number of pyridine rings is 1. The van der Waals surface area contributed by atoms with Crippen molar-refractivity contribution in [1.29, 1.82) is 0 Å². The summed E-state index contributed by atoms with van der Waals surface area (Å²) in [6.07, 6.45) is 4.26. The van der Waals surface area contributed by atoms with Gasteiger partial charge in [0.2, 0.25) is 5.91 Å². The summed E-state index contributed by atoms with van der Waals surface area (Å²) in [7, 11) is 3.44. The van der Waals surface area contributed by atoms with E-state index in [-0.39, 0.29) is 30.4 Å². The predicted octanol–water partition coefficient (Wildman–Crippen LogP) is 5.80. The zero-order valence-electron chi connectivity index (χ0n) is 26.9. The van der Waals surface area contributed by atoms with E-state index in [1.165, 1.54) is 0 Å². The van der Waals surface area contributed by atoms with Crippen LogP contribution in [-0.4, -0.2) is 70.7 Å². The van der Waals surface area contributed by atoms with Crippen molar-refractivity contribution < 1.29 is 18.7 Å². The van der Waals surface area contributed by atoms with Crippen molar-refractivity contribution in [3.8, 4) is 28.1 Å². The molecule has 0 radical (unpaired) electrons. The lowest BCUT2D eigenvalue weighted by Crippen LogP contribution is -2.35. The second-order valence-electron chi connectivity index (χ2n) is 12.1. The first-order valence-electron chi connectivity index (χ1n) is 16.0. The fourth-order valence-electron chi connectivity index (χ4n) is 6.34. The number of alkyl halides is 1. The third-order valence-electron chi connectivity index (χ3n) is 8.92. The number of aromatic nitrogens is 3. The first-order valence-corrected chi connectivity index (χ1v) is 16.8. The standard InChI is InChI=1S/C35H38Cl2FN7O3/c1-44-28-20-45(15-4-13-38)16-12-26(28)42-34(44)35(47)43-27-6-3-5-24(31(27)36)25-11-14-40-33(32(25)37)21-7-8-22(29(17-21)48-2)18-39-19-23-9-10-30(46)41-23/h3,5-8,11,14,17,23,39H,4,9-10,12-13,15-16,18-20H2,1-2H3,(H,41,46)(H,43,47)/t23-/m0/s1. The van der Waals surface area contributed by atoms with E-state index in [0.29, 0.717) is 83.7 Å². The lowest BCUT2D eigenvalue weighted by molar-refractivity contribution is -0.119. The van der Waals surface area contributed by atoms with Gasteiger partial charge in [-0.3, -0.25) is 23.9 Å². The second kappa shape index (κ2) is 15.0. The van der Waals surface area contributed by atoms with Crippen LogP contribution in [0.2, 0.25) is 10.0 Å².